The van der Waals surface area contributed by atoms with Crippen molar-refractivity contribution in [2.24, 2.45) is 0 Å². The fourth-order valence-electron chi connectivity index (χ4n) is 2.26. The van der Waals surface area contributed by atoms with Gasteiger partial charge in [-0.2, -0.15) is 0 Å². The van der Waals surface area contributed by atoms with Gasteiger partial charge >= 0.3 is 12.2 Å². The molecule has 24 heavy (non-hydrogen) atoms. The Morgan fingerprint density at radius 2 is 1.38 bits per heavy atom. The predicted octanol–water partition coefficient (Wildman–Crippen LogP) is 4.28. The first kappa shape index (κ1) is 17.3. The molecular formula is C19H19NO4. The van der Waals surface area contributed by atoms with E-state index in [1.807, 2.05) is 66.7 Å². The van der Waals surface area contributed by atoms with Gasteiger partial charge in [0.1, 0.15) is 0 Å². The minimum Gasteiger partial charge on any atom is -0.452 e. The lowest BCUT2D eigenvalue weighted by molar-refractivity contribution is 0.0898. The van der Waals surface area contributed by atoms with Gasteiger partial charge in [0.2, 0.25) is 0 Å². The average Bonchev–Trinajstić information content (AvgIpc) is 2.65. The van der Waals surface area contributed by atoms with Crippen molar-refractivity contribution in [1.29, 1.82) is 0 Å². The van der Waals surface area contributed by atoms with Gasteiger partial charge in [0.15, 0.2) is 0 Å². The van der Waals surface area contributed by atoms with Crippen LogP contribution in [0.4, 0.5) is 9.59 Å². The van der Waals surface area contributed by atoms with Crippen molar-refractivity contribution in [3.63, 3.8) is 0 Å². The molecule has 0 fully saturated rings. The Labute approximate surface area is 141 Å². The van der Waals surface area contributed by atoms with Crippen LogP contribution in [0.15, 0.2) is 66.7 Å². The SMILES string of the molecule is COC(=O)N(C(=O)OC)[C@H](/C=C/c1ccccc1)c1ccccc1. The van der Waals surface area contributed by atoms with Crippen LogP contribution in [0.3, 0.4) is 0 Å². The molecule has 5 heteroatoms. The first-order valence-electron chi connectivity index (χ1n) is 7.40. The second kappa shape index (κ2) is 8.53. The maximum absolute atomic E-state index is 12.1. The molecule has 0 radical (unpaired) electrons. The van der Waals surface area contributed by atoms with Crippen LogP contribution >= 0.6 is 0 Å². The first-order valence-corrected chi connectivity index (χ1v) is 7.40. The zero-order chi connectivity index (χ0) is 17.4. The molecule has 124 valence electrons. The summed E-state index contributed by atoms with van der Waals surface area (Å²) in [6.07, 6.45) is 2.04. The minimum atomic E-state index is -0.784. The number of imide groups is 1. The molecule has 0 aliphatic rings. The maximum atomic E-state index is 12.1. The summed E-state index contributed by atoms with van der Waals surface area (Å²) in [5.41, 5.74) is 1.72. The highest BCUT2D eigenvalue weighted by molar-refractivity contribution is 5.88. The van der Waals surface area contributed by atoms with Gasteiger partial charge < -0.3 is 9.47 Å². The topological polar surface area (TPSA) is 55.8 Å². The van der Waals surface area contributed by atoms with Gasteiger partial charge in [0, 0.05) is 0 Å². The number of ether oxygens (including phenoxy) is 2. The zero-order valence-corrected chi connectivity index (χ0v) is 13.6. The lowest BCUT2D eigenvalue weighted by atomic mass is 10.0. The van der Waals surface area contributed by atoms with Crippen molar-refractivity contribution < 1.29 is 19.1 Å². The third-order valence-electron chi connectivity index (χ3n) is 3.43. The van der Waals surface area contributed by atoms with E-state index < -0.39 is 18.2 Å². The standard InChI is InChI=1S/C19H19NO4/c1-23-18(21)20(19(22)24-2)17(16-11-7-4-8-12-16)14-13-15-9-5-3-6-10-15/h3-14,17H,1-2H3/b14-13+/t17-/m1/s1. The lowest BCUT2D eigenvalue weighted by Crippen LogP contribution is -2.39. The number of carbonyl (C=O) groups is 2. The van der Waals surface area contributed by atoms with Gasteiger partial charge in [0.25, 0.3) is 0 Å². The molecule has 2 amide bonds. The van der Waals surface area contributed by atoms with Crippen molar-refractivity contribution in [2.45, 2.75) is 6.04 Å². The van der Waals surface area contributed by atoms with E-state index in [-0.39, 0.29) is 0 Å². The molecule has 2 aromatic carbocycles. The molecule has 0 bridgehead atoms. The van der Waals surface area contributed by atoms with Crippen molar-refractivity contribution >= 4 is 18.3 Å². The number of hydrogen-bond donors (Lipinski definition) is 0. The number of rotatable bonds is 4. The van der Waals surface area contributed by atoms with E-state index in [1.54, 1.807) is 6.08 Å². The predicted molar refractivity (Wildman–Crippen MR) is 91.3 cm³/mol. The van der Waals surface area contributed by atoms with Crippen LogP contribution in [0.25, 0.3) is 6.08 Å². The van der Waals surface area contributed by atoms with Crippen molar-refractivity contribution in [3.05, 3.63) is 77.9 Å². The van der Waals surface area contributed by atoms with E-state index in [4.69, 9.17) is 9.47 Å². The number of benzene rings is 2. The fourth-order valence-corrected chi connectivity index (χ4v) is 2.26. The molecule has 0 saturated heterocycles. The molecule has 0 heterocycles. The molecule has 2 aromatic rings. The molecule has 0 saturated carbocycles. The van der Waals surface area contributed by atoms with Crippen LogP contribution in [0, 0.1) is 0 Å². The summed E-state index contributed by atoms with van der Waals surface area (Å²) in [6.45, 7) is 0. The highest BCUT2D eigenvalue weighted by Gasteiger charge is 2.31. The molecular weight excluding hydrogens is 306 g/mol. The Hall–Kier alpha value is -3.08. The van der Waals surface area contributed by atoms with E-state index in [0.717, 1.165) is 16.0 Å². The van der Waals surface area contributed by atoms with Crippen LogP contribution in [-0.4, -0.2) is 31.3 Å². The molecule has 5 nitrogen and oxygen atoms in total. The van der Waals surface area contributed by atoms with Crippen molar-refractivity contribution in [3.8, 4) is 0 Å². The maximum Gasteiger partial charge on any atom is 0.419 e. The quantitative estimate of drug-likeness (QED) is 0.842. The van der Waals surface area contributed by atoms with Gasteiger partial charge in [-0.3, -0.25) is 0 Å². The Balaban J connectivity index is 2.43. The van der Waals surface area contributed by atoms with Crippen LogP contribution < -0.4 is 0 Å². The Kier molecular flexibility index (Phi) is 6.14. The molecule has 2 rings (SSSR count). The lowest BCUT2D eigenvalue weighted by Gasteiger charge is -2.25. The number of nitrogens with zero attached hydrogens (tertiary/aromatic N) is 1. The number of methoxy groups -OCH3 is 2. The Bertz CT molecular complexity index is 682. The summed E-state index contributed by atoms with van der Waals surface area (Å²) in [5.74, 6) is 0. The summed E-state index contributed by atoms with van der Waals surface area (Å²) in [6, 6.07) is 18.2. The monoisotopic (exact) mass is 325 g/mol. The van der Waals surface area contributed by atoms with Crippen LogP contribution in [0.5, 0.6) is 0 Å². The molecule has 0 spiro atoms. The van der Waals surface area contributed by atoms with Gasteiger partial charge in [-0.25, -0.2) is 14.5 Å². The molecule has 1 atom stereocenters. The number of hydrogen-bond acceptors (Lipinski definition) is 4. The van der Waals surface area contributed by atoms with Crippen LogP contribution in [0.2, 0.25) is 0 Å². The van der Waals surface area contributed by atoms with E-state index in [9.17, 15) is 9.59 Å². The third kappa shape index (κ3) is 4.23. The molecule has 0 aliphatic carbocycles. The molecule has 0 N–H and O–H groups in total. The van der Waals surface area contributed by atoms with Gasteiger partial charge in [0.05, 0.1) is 20.3 Å². The first-order chi connectivity index (χ1) is 11.7. The molecule has 0 aromatic heterocycles. The van der Waals surface area contributed by atoms with E-state index in [2.05, 4.69) is 0 Å². The normalized spacial score (nSPS) is 11.8. The summed E-state index contributed by atoms with van der Waals surface area (Å²) >= 11 is 0. The summed E-state index contributed by atoms with van der Waals surface area (Å²) in [4.78, 5) is 25.2. The second-order valence-corrected chi connectivity index (χ2v) is 4.94. The van der Waals surface area contributed by atoms with E-state index in [1.165, 1.54) is 14.2 Å². The number of amides is 2. The Morgan fingerprint density at radius 1 is 0.875 bits per heavy atom. The van der Waals surface area contributed by atoms with E-state index in [0.29, 0.717) is 0 Å². The zero-order valence-electron chi connectivity index (χ0n) is 13.6. The minimum absolute atomic E-state index is 0.647. The largest absolute Gasteiger partial charge is 0.452 e. The second-order valence-electron chi connectivity index (χ2n) is 4.94. The van der Waals surface area contributed by atoms with E-state index >= 15 is 0 Å². The summed E-state index contributed by atoms with van der Waals surface area (Å²) in [7, 11) is 2.45. The Morgan fingerprint density at radius 3 is 1.88 bits per heavy atom. The molecule has 0 unspecified atom stereocenters. The fraction of sp³-hybridized carbons (Fsp3) is 0.158. The third-order valence-corrected chi connectivity index (χ3v) is 3.43. The van der Waals surface area contributed by atoms with Crippen molar-refractivity contribution in [1.82, 2.24) is 4.90 Å². The summed E-state index contributed by atoms with van der Waals surface area (Å²) in [5, 5.41) is 0. The van der Waals surface area contributed by atoms with Gasteiger partial charge in [-0.1, -0.05) is 72.8 Å². The molecule has 0 aliphatic heterocycles. The highest BCUT2D eigenvalue weighted by Crippen LogP contribution is 2.25. The summed E-state index contributed by atoms with van der Waals surface area (Å²) < 4.78 is 9.48. The van der Waals surface area contributed by atoms with Gasteiger partial charge in [-0.05, 0) is 11.1 Å². The van der Waals surface area contributed by atoms with Crippen molar-refractivity contribution in [2.75, 3.05) is 14.2 Å². The number of carbonyl (C=O) groups excluding carboxylic acids is 2. The smallest absolute Gasteiger partial charge is 0.419 e. The highest BCUT2D eigenvalue weighted by atomic mass is 16.6. The average molecular weight is 325 g/mol. The van der Waals surface area contributed by atoms with Crippen LogP contribution in [-0.2, 0) is 9.47 Å². The van der Waals surface area contributed by atoms with Crippen LogP contribution in [0.1, 0.15) is 17.2 Å². The van der Waals surface area contributed by atoms with Gasteiger partial charge in [-0.15, -0.1) is 0 Å².